The van der Waals surface area contributed by atoms with Crippen LogP contribution in [-0.2, 0) is 10.0 Å². The molecule has 1 amide bonds. The molecule has 1 aliphatic rings. The molecule has 0 aliphatic carbocycles. The van der Waals surface area contributed by atoms with E-state index in [0.717, 1.165) is 4.47 Å². The zero-order valence-corrected chi connectivity index (χ0v) is 16.2. The summed E-state index contributed by atoms with van der Waals surface area (Å²) in [5.74, 6) is -0.157. The second-order valence-electron chi connectivity index (χ2n) is 5.84. The average molecular weight is 434 g/mol. The zero-order chi connectivity index (χ0) is 18.7. The number of sulfonamides is 1. The Morgan fingerprint density at radius 3 is 2.08 bits per heavy atom. The molecule has 26 heavy (non-hydrogen) atoms. The number of carbonyl (C=O) groups excluding carboxylic acids is 1. The number of nitriles is 1. The predicted octanol–water partition coefficient (Wildman–Crippen LogP) is 2.47. The summed E-state index contributed by atoms with van der Waals surface area (Å²) in [6.07, 6.45) is 0. The van der Waals surface area contributed by atoms with Crippen LogP contribution < -0.4 is 0 Å². The Balaban J connectivity index is 1.67. The lowest BCUT2D eigenvalue weighted by atomic mass is 10.1. The highest BCUT2D eigenvalue weighted by Gasteiger charge is 2.30. The number of carbonyl (C=O) groups is 1. The summed E-state index contributed by atoms with van der Waals surface area (Å²) in [6, 6.07) is 15.0. The molecule has 0 N–H and O–H groups in total. The third kappa shape index (κ3) is 3.80. The molecule has 1 fully saturated rings. The van der Waals surface area contributed by atoms with Gasteiger partial charge in [-0.3, -0.25) is 4.79 Å². The van der Waals surface area contributed by atoms with Crippen molar-refractivity contribution in [3.8, 4) is 6.07 Å². The van der Waals surface area contributed by atoms with Gasteiger partial charge in [0.15, 0.2) is 0 Å². The fourth-order valence-corrected chi connectivity index (χ4v) is 4.44. The van der Waals surface area contributed by atoms with Crippen molar-refractivity contribution >= 4 is 31.9 Å². The molecule has 2 aromatic carbocycles. The summed E-state index contributed by atoms with van der Waals surface area (Å²) >= 11 is 3.29. The third-order valence-electron chi connectivity index (χ3n) is 4.24. The molecule has 0 aromatic heterocycles. The van der Waals surface area contributed by atoms with E-state index in [4.69, 9.17) is 5.26 Å². The lowest BCUT2D eigenvalue weighted by Gasteiger charge is -2.34. The quantitative estimate of drug-likeness (QED) is 0.744. The van der Waals surface area contributed by atoms with E-state index in [1.54, 1.807) is 53.4 Å². The van der Waals surface area contributed by atoms with Crippen LogP contribution in [0.15, 0.2) is 57.9 Å². The summed E-state index contributed by atoms with van der Waals surface area (Å²) in [7, 11) is -3.56. The maximum absolute atomic E-state index is 12.7. The zero-order valence-electron chi connectivity index (χ0n) is 13.8. The van der Waals surface area contributed by atoms with Crippen LogP contribution in [0.5, 0.6) is 0 Å². The molecule has 0 unspecified atom stereocenters. The van der Waals surface area contributed by atoms with Gasteiger partial charge in [-0.1, -0.05) is 15.9 Å². The SMILES string of the molecule is N#Cc1ccc(C(=O)N2CCN(S(=O)(=O)c3ccc(Br)cc3)CC2)cc1. The van der Waals surface area contributed by atoms with Gasteiger partial charge in [0.2, 0.25) is 10.0 Å². The van der Waals surface area contributed by atoms with Crippen molar-refractivity contribution in [1.29, 1.82) is 5.26 Å². The Kier molecular flexibility index (Phi) is 5.41. The highest BCUT2D eigenvalue weighted by atomic mass is 79.9. The first-order chi connectivity index (χ1) is 12.4. The number of amides is 1. The molecule has 2 aromatic rings. The van der Waals surface area contributed by atoms with Crippen molar-refractivity contribution in [2.24, 2.45) is 0 Å². The Hall–Kier alpha value is -2.21. The molecule has 3 rings (SSSR count). The van der Waals surface area contributed by atoms with Crippen molar-refractivity contribution in [3.05, 3.63) is 64.1 Å². The monoisotopic (exact) mass is 433 g/mol. The number of rotatable bonds is 3. The number of hydrogen-bond donors (Lipinski definition) is 0. The normalized spacial score (nSPS) is 15.5. The Morgan fingerprint density at radius 1 is 0.962 bits per heavy atom. The van der Waals surface area contributed by atoms with Gasteiger partial charge >= 0.3 is 0 Å². The highest BCUT2D eigenvalue weighted by Crippen LogP contribution is 2.20. The van der Waals surface area contributed by atoms with Crippen LogP contribution in [-0.4, -0.2) is 49.7 Å². The first-order valence-electron chi connectivity index (χ1n) is 7.97. The van der Waals surface area contributed by atoms with Crippen LogP contribution in [0.25, 0.3) is 0 Å². The molecule has 0 atom stereocenters. The molecule has 0 bridgehead atoms. The molecule has 1 saturated heterocycles. The van der Waals surface area contributed by atoms with E-state index >= 15 is 0 Å². The predicted molar refractivity (Wildman–Crippen MR) is 100.0 cm³/mol. The van der Waals surface area contributed by atoms with Crippen LogP contribution in [0.2, 0.25) is 0 Å². The summed E-state index contributed by atoms with van der Waals surface area (Å²) in [4.78, 5) is 14.4. The van der Waals surface area contributed by atoms with Crippen molar-refractivity contribution < 1.29 is 13.2 Å². The minimum absolute atomic E-state index is 0.157. The maximum atomic E-state index is 12.7. The highest BCUT2D eigenvalue weighted by molar-refractivity contribution is 9.10. The molecule has 0 saturated carbocycles. The van der Waals surface area contributed by atoms with Gasteiger partial charge in [-0.2, -0.15) is 9.57 Å². The van der Waals surface area contributed by atoms with Gasteiger partial charge in [-0.25, -0.2) is 8.42 Å². The van der Waals surface area contributed by atoms with E-state index in [1.165, 1.54) is 4.31 Å². The van der Waals surface area contributed by atoms with Gasteiger partial charge in [0.1, 0.15) is 0 Å². The Labute approximate surface area is 160 Å². The van der Waals surface area contributed by atoms with Crippen molar-refractivity contribution in [2.75, 3.05) is 26.2 Å². The second-order valence-corrected chi connectivity index (χ2v) is 8.69. The number of benzene rings is 2. The molecular weight excluding hydrogens is 418 g/mol. The lowest BCUT2D eigenvalue weighted by molar-refractivity contribution is 0.0698. The summed E-state index contributed by atoms with van der Waals surface area (Å²) in [6.45, 7) is 1.16. The van der Waals surface area contributed by atoms with Gasteiger partial charge < -0.3 is 4.90 Å². The van der Waals surface area contributed by atoms with Crippen LogP contribution in [0, 0.1) is 11.3 Å². The van der Waals surface area contributed by atoms with E-state index < -0.39 is 10.0 Å². The van der Waals surface area contributed by atoms with E-state index in [9.17, 15) is 13.2 Å². The van der Waals surface area contributed by atoms with E-state index in [1.807, 2.05) is 6.07 Å². The van der Waals surface area contributed by atoms with Crippen molar-refractivity contribution in [3.63, 3.8) is 0 Å². The summed E-state index contributed by atoms with van der Waals surface area (Å²) < 4.78 is 27.6. The molecule has 6 nitrogen and oxygen atoms in total. The molecule has 1 aliphatic heterocycles. The van der Waals surface area contributed by atoms with Crippen LogP contribution >= 0.6 is 15.9 Å². The topological polar surface area (TPSA) is 81.5 Å². The van der Waals surface area contributed by atoms with E-state index in [0.29, 0.717) is 24.2 Å². The Morgan fingerprint density at radius 2 is 1.54 bits per heavy atom. The van der Waals surface area contributed by atoms with Crippen molar-refractivity contribution in [1.82, 2.24) is 9.21 Å². The number of halogens is 1. The first-order valence-corrected chi connectivity index (χ1v) is 10.2. The largest absolute Gasteiger partial charge is 0.336 e. The maximum Gasteiger partial charge on any atom is 0.253 e. The summed E-state index contributed by atoms with van der Waals surface area (Å²) in [5.41, 5.74) is 0.986. The van der Waals surface area contributed by atoms with Gasteiger partial charge in [0.25, 0.3) is 5.91 Å². The molecule has 0 radical (unpaired) electrons. The lowest BCUT2D eigenvalue weighted by Crippen LogP contribution is -2.50. The average Bonchev–Trinajstić information content (AvgIpc) is 2.68. The van der Waals surface area contributed by atoms with Crippen LogP contribution in [0.3, 0.4) is 0 Å². The van der Waals surface area contributed by atoms with Gasteiger partial charge in [-0.15, -0.1) is 0 Å². The molecule has 1 heterocycles. The Bertz CT molecular complexity index is 943. The molecule has 8 heteroatoms. The minimum atomic E-state index is -3.56. The van der Waals surface area contributed by atoms with Crippen molar-refractivity contribution in [2.45, 2.75) is 4.90 Å². The third-order valence-corrected chi connectivity index (χ3v) is 6.68. The fourth-order valence-electron chi connectivity index (χ4n) is 2.76. The standard InChI is InChI=1S/C18H16BrN3O3S/c19-16-5-7-17(8-6-16)26(24,25)22-11-9-21(10-12-22)18(23)15-3-1-14(13-20)2-4-15/h1-8H,9-12H2. The number of hydrogen-bond acceptors (Lipinski definition) is 4. The fraction of sp³-hybridized carbons (Fsp3) is 0.222. The number of piperazine rings is 1. The van der Waals surface area contributed by atoms with Crippen LogP contribution in [0.1, 0.15) is 15.9 Å². The first kappa shape index (κ1) is 18.6. The van der Waals surface area contributed by atoms with Gasteiger partial charge in [0, 0.05) is 36.2 Å². The van der Waals surface area contributed by atoms with E-state index in [2.05, 4.69) is 15.9 Å². The van der Waals surface area contributed by atoms with Gasteiger partial charge in [-0.05, 0) is 48.5 Å². The van der Waals surface area contributed by atoms with E-state index in [-0.39, 0.29) is 23.9 Å². The minimum Gasteiger partial charge on any atom is -0.336 e. The smallest absolute Gasteiger partial charge is 0.253 e. The summed E-state index contributed by atoms with van der Waals surface area (Å²) in [5, 5.41) is 8.82. The van der Waals surface area contributed by atoms with Gasteiger partial charge in [0.05, 0.1) is 16.5 Å². The van der Waals surface area contributed by atoms with Crippen LogP contribution in [0.4, 0.5) is 0 Å². The molecule has 0 spiro atoms. The second kappa shape index (κ2) is 7.58. The molecule has 134 valence electrons. The molecular formula is C18H16BrN3O3S. The number of nitrogens with zero attached hydrogens (tertiary/aromatic N) is 3.